The Balaban J connectivity index is 1.56. The molecule has 3 heterocycles. The Hall–Kier alpha value is -2.07. The maximum atomic E-state index is 13.1. The summed E-state index contributed by atoms with van der Waals surface area (Å²) >= 11 is 2.94. The Morgan fingerprint density at radius 2 is 1.93 bits per heavy atom. The van der Waals surface area contributed by atoms with Crippen molar-refractivity contribution in [1.82, 2.24) is 9.29 Å². The van der Waals surface area contributed by atoms with Crippen LogP contribution in [0.4, 0.5) is 5.00 Å². The van der Waals surface area contributed by atoms with Crippen LogP contribution in [0.5, 0.6) is 0 Å². The first-order valence-electron chi connectivity index (χ1n) is 9.25. The van der Waals surface area contributed by atoms with Crippen molar-refractivity contribution in [3.63, 3.8) is 0 Å². The minimum Gasteiger partial charge on any atom is -0.316 e. The molecule has 0 bridgehead atoms. The number of benzene rings is 1. The van der Waals surface area contributed by atoms with Gasteiger partial charge in [-0.05, 0) is 50.3 Å². The van der Waals surface area contributed by atoms with Gasteiger partial charge < -0.3 is 5.32 Å². The summed E-state index contributed by atoms with van der Waals surface area (Å²) in [6, 6.07) is 7.95. The van der Waals surface area contributed by atoms with Crippen LogP contribution in [0.25, 0.3) is 10.6 Å². The van der Waals surface area contributed by atoms with Crippen LogP contribution >= 0.6 is 22.7 Å². The number of sulfonamides is 1. The largest absolute Gasteiger partial charge is 0.316 e. The molecule has 1 N–H and O–H groups in total. The van der Waals surface area contributed by atoms with Crippen molar-refractivity contribution in [3.05, 3.63) is 52.3 Å². The highest BCUT2D eigenvalue weighted by Crippen LogP contribution is 2.36. The zero-order valence-electron chi connectivity index (χ0n) is 16.1. The fourth-order valence-corrected chi connectivity index (χ4v) is 6.72. The second-order valence-electron chi connectivity index (χ2n) is 7.03. The Kier molecular flexibility index (Phi) is 5.56. The summed E-state index contributed by atoms with van der Waals surface area (Å²) in [4.78, 5) is 17.7. The van der Waals surface area contributed by atoms with E-state index in [-0.39, 0.29) is 10.8 Å². The molecule has 1 aliphatic heterocycles. The van der Waals surface area contributed by atoms with Crippen LogP contribution < -0.4 is 5.32 Å². The van der Waals surface area contributed by atoms with Crippen molar-refractivity contribution in [3.8, 4) is 10.6 Å². The first kappa shape index (κ1) is 20.2. The van der Waals surface area contributed by atoms with Gasteiger partial charge in [-0.25, -0.2) is 13.4 Å². The third kappa shape index (κ3) is 4.00. The van der Waals surface area contributed by atoms with Gasteiger partial charge in [0.2, 0.25) is 15.9 Å². The molecule has 152 valence electrons. The molecule has 1 aliphatic rings. The Bertz CT molecular complexity index is 1130. The number of rotatable bonds is 5. The highest BCUT2D eigenvalue weighted by Gasteiger charge is 2.39. The number of aromatic nitrogens is 1. The van der Waals surface area contributed by atoms with Crippen LogP contribution in [0.15, 0.2) is 46.0 Å². The monoisotopic (exact) mass is 447 g/mol. The average Bonchev–Trinajstić information content (AvgIpc) is 3.42. The quantitative estimate of drug-likeness (QED) is 0.633. The molecular weight excluding hydrogens is 426 g/mol. The highest BCUT2D eigenvalue weighted by molar-refractivity contribution is 7.89. The normalized spacial score (nSPS) is 17.5. The molecule has 3 aromatic rings. The molecule has 1 fully saturated rings. The highest BCUT2D eigenvalue weighted by atomic mass is 32.2. The Labute approximate surface area is 178 Å². The van der Waals surface area contributed by atoms with Crippen molar-refractivity contribution in [2.24, 2.45) is 0 Å². The predicted octanol–water partition coefficient (Wildman–Crippen LogP) is 4.28. The molecule has 0 radical (unpaired) electrons. The summed E-state index contributed by atoms with van der Waals surface area (Å²) in [6.07, 6.45) is 1.17. The number of nitrogens with zero attached hydrogens (tertiary/aromatic N) is 2. The van der Waals surface area contributed by atoms with Gasteiger partial charge in [0.1, 0.15) is 16.1 Å². The van der Waals surface area contributed by atoms with E-state index in [1.807, 2.05) is 30.7 Å². The van der Waals surface area contributed by atoms with E-state index >= 15 is 0 Å². The number of thiazole rings is 1. The van der Waals surface area contributed by atoms with E-state index in [2.05, 4.69) is 10.3 Å². The lowest BCUT2D eigenvalue weighted by Crippen LogP contribution is -2.43. The maximum absolute atomic E-state index is 13.1. The van der Waals surface area contributed by atoms with E-state index in [4.69, 9.17) is 0 Å². The third-order valence-corrected chi connectivity index (χ3v) is 8.63. The van der Waals surface area contributed by atoms with Crippen molar-refractivity contribution in [2.45, 2.75) is 37.6 Å². The van der Waals surface area contributed by atoms with Gasteiger partial charge in [-0.1, -0.05) is 17.7 Å². The minimum absolute atomic E-state index is 0.220. The molecule has 0 aliphatic carbocycles. The van der Waals surface area contributed by atoms with Gasteiger partial charge in [0.05, 0.1) is 4.90 Å². The van der Waals surface area contributed by atoms with Crippen LogP contribution in [0, 0.1) is 13.8 Å². The van der Waals surface area contributed by atoms with Crippen LogP contribution in [0.1, 0.15) is 24.1 Å². The molecule has 29 heavy (non-hydrogen) atoms. The number of aryl methyl sites for hydroxylation is 2. The average molecular weight is 448 g/mol. The molecule has 2 aromatic heterocycles. The van der Waals surface area contributed by atoms with Gasteiger partial charge in [0, 0.05) is 23.2 Å². The van der Waals surface area contributed by atoms with E-state index in [0.717, 1.165) is 21.8 Å². The number of carbonyl (C=O) groups excluding carboxylic acids is 1. The molecule has 4 rings (SSSR count). The first-order valence-corrected chi connectivity index (χ1v) is 12.5. The number of thiophene rings is 1. The summed E-state index contributed by atoms with van der Waals surface area (Å²) in [7, 11) is -3.72. The van der Waals surface area contributed by atoms with Crippen LogP contribution in [0.3, 0.4) is 0 Å². The maximum Gasteiger partial charge on any atom is 0.243 e. The summed E-state index contributed by atoms with van der Waals surface area (Å²) < 4.78 is 27.5. The lowest BCUT2D eigenvalue weighted by Gasteiger charge is -2.23. The first-order chi connectivity index (χ1) is 13.9. The predicted molar refractivity (Wildman–Crippen MR) is 117 cm³/mol. The van der Waals surface area contributed by atoms with E-state index in [9.17, 15) is 13.2 Å². The Morgan fingerprint density at radius 3 is 2.62 bits per heavy atom. The van der Waals surface area contributed by atoms with Crippen molar-refractivity contribution in [2.75, 3.05) is 11.9 Å². The second-order valence-corrected chi connectivity index (χ2v) is 10.7. The van der Waals surface area contributed by atoms with Gasteiger partial charge in [0.15, 0.2) is 0 Å². The molecule has 1 amide bonds. The van der Waals surface area contributed by atoms with Gasteiger partial charge in [-0.15, -0.1) is 22.7 Å². The van der Waals surface area contributed by atoms with Gasteiger partial charge in [-0.2, -0.15) is 4.31 Å². The number of carbonyl (C=O) groups is 1. The lowest BCUT2D eigenvalue weighted by atomic mass is 10.2. The van der Waals surface area contributed by atoms with Crippen LogP contribution in [-0.4, -0.2) is 36.2 Å². The molecule has 9 heteroatoms. The topological polar surface area (TPSA) is 79.4 Å². The molecule has 1 atom stereocenters. The number of nitrogens with one attached hydrogen (secondary N) is 1. The molecule has 1 unspecified atom stereocenters. The summed E-state index contributed by atoms with van der Waals surface area (Å²) in [5.74, 6) is -0.296. The standard InChI is InChI=1S/C20H21N3O3S3/c1-13-5-7-15(8-6-13)29(25,26)23-10-3-4-17(23)18(24)22-20-16(9-11-27-20)19-21-14(2)12-28-19/h5-9,11-12,17H,3-4,10H2,1-2H3,(H,22,24). The summed E-state index contributed by atoms with van der Waals surface area (Å²) in [6.45, 7) is 4.18. The minimum atomic E-state index is -3.72. The molecule has 6 nitrogen and oxygen atoms in total. The molecule has 1 saturated heterocycles. The number of hydrogen-bond acceptors (Lipinski definition) is 6. The zero-order chi connectivity index (χ0) is 20.6. The van der Waals surface area contributed by atoms with Crippen molar-refractivity contribution in [1.29, 1.82) is 0 Å². The van der Waals surface area contributed by atoms with Gasteiger partial charge in [-0.3, -0.25) is 4.79 Å². The van der Waals surface area contributed by atoms with E-state index in [0.29, 0.717) is 24.4 Å². The number of hydrogen-bond donors (Lipinski definition) is 1. The SMILES string of the molecule is Cc1ccc(S(=O)(=O)N2CCCC2C(=O)Nc2sccc2-c2nc(C)cs2)cc1. The molecular formula is C20H21N3O3S3. The Morgan fingerprint density at radius 1 is 1.17 bits per heavy atom. The number of anilines is 1. The molecule has 0 spiro atoms. The van der Waals surface area contributed by atoms with E-state index in [1.165, 1.54) is 27.0 Å². The fourth-order valence-electron chi connectivity index (χ4n) is 3.38. The number of amides is 1. The van der Waals surface area contributed by atoms with E-state index in [1.54, 1.807) is 24.3 Å². The van der Waals surface area contributed by atoms with Crippen LogP contribution in [-0.2, 0) is 14.8 Å². The van der Waals surface area contributed by atoms with Gasteiger partial charge >= 0.3 is 0 Å². The second kappa shape index (κ2) is 7.98. The van der Waals surface area contributed by atoms with E-state index < -0.39 is 16.1 Å². The van der Waals surface area contributed by atoms with Crippen LogP contribution in [0.2, 0.25) is 0 Å². The van der Waals surface area contributed by atoms with Gasteiger partial charge in [0.25, 0.3) is 0 Å². The fraction of sp³-hybridized carbons (Fsp3) is 0.300. The zero-order valence-corrected chi connectivity index (χ0v) is 18.5. The van der Waals surface area contributed by atoms with Crippen molar-refractivity contribution >= 4 is 43.6 Å². The molecule has 0 saturated carbocycles. The molecule has 1 aromatic carbocycles. The third-order valence-electron chi connectivity index (χ3n) is 4.89. The summed E-state index contributed by atoms with van der Waals surface area (Å²) in [5, 5.41) is 8.35. The van der Waals surface area contributed by atoms with Crippen molar-refractivity contribution < 1.29 is 13.2 Å². The smallest absolute Gasteiger partial charge is 0.243 e. The summed E-state index contributed by atoms with van der Waals surface area (Å²) in [5.41, 5.74) is 2.79. The lowest BCUT2D eigenvalue weighted by molar-refractivity contribution is -0.119.